The van der Waals surface area contributed by atoms with E-state index in [-0.39, 0.29) is 53.4 Å². The van der Waals surface area contributed by atoms with Crippen LogP contribution in [0.15, 0.2) is 17.1 Å². The lowest BCUT2D eigenvalue weighted by Crippen LogP contribution is -2.50. The van der Waals surface area contributed by atoms with E-state index in [1.165, 1.54) is 17.7 Å². The zero-order valence-corrected chi connectivity index (χ0v) is 15.6. The molecular formula is C21H24N2O4. The molecule has 3 saturated carbocycles. The maximum Gasteiger partial charge on any atom is 0.316 e. The van der Waals surface area contributed by atoms with Crippen molar-refractivity contribution in [1.29, 1.82) is 0 Å². The maximum absolute atomic E-state index is 12.7. The van der Waals surface area contributed by atoms with E-state index in [2.05, 4.69) is 6.92 Å². The van der Waals surface area contributed by atoms with Gasteiger partial charge >= 0.3 is 5.97 Å². The van der Waals surface area contributed by atoms with Gasteiger partial charge < -0.3 is 4.74 Å². The number of hydrogen-bond donors (Lipinski definition) is 0. The molecule has 5 fully saturated rings. The van der Waals surface area contributed by atoms with Crippen molar-refractivity contribution in [2.45, 2.75) is 32.2 Å². The molecule has 7 rings (SSSR count). The smallest absolute Gasteiger partial charge is 0.316 e. The molecule has 10 atom stereocenters. The number of carbonyl (C=O) groups excluding carboxylic acids is 3. The Bertz CT molecular complexity index is 830. The molecule has 27 heavy (non-hydrogen) atoms. The van der Waals surface area contributed by atoms with Crippen molar-refractivity contribution >= 4 is 23.7 Å². The molecule has 10 unspecified atom stereocenters. The molecular weight excluding hydrogens is 344 g/mol. The van der Waals surface area contributed by atoms with Gasteiger partial charge in [0.2, 0.25) is 11.8 Å². The highest BCUT2D eigenvalue weighted by atomic mass is 16.6. The van der Waals surface area contributed by atoms with Crippen molar-refractivity contribution < 1.29 is 19.1 Å². The summed E-state index contributed by atoms with van der Waals surface area (Å²) in [5.74, 6) is 0.427. The summed E-state index contributed by atoms with van der Waals surface area (Å²) in [6, 6.07) is 0.247. The van der Waals surface area contributed by atoms with E-state index in [9.17, 15) is 14.4 Å². The molecule has 0 aromatic carbocycles. The van der Waals surface area contributed by atoms with Crippen LogP contribution in [0.25, 0.3) is 0 Å². The largest absolute Gasteiger partial charge is 0.411 e. The van der Waals surface area contributed by atoms with Crippen molar-refractivity contribution in [3.05, 3.63) is 12.2 Å². The number of ether oxygens (including phenoxy) is 1. The standard InChI is InChI=1S/C21H24N2O4/c1-8-5-10-6-9(8)7-13(10)22-18-14-11-3-4-12(17(14)21(26)27-18)16-15(11)19(24)23(2)20(16)25/h3-4,8-17H,5-7H2,1-2H3. The number of aliphatic imine (C=N–C) groups is 1. The van der Waals surface area contributed by atoms with Gasteiger partial charge in [-0.2, -0.15) is 0 Å². The molecule has 0 N–H and O–H groups in total. The minimum absolute atomic E-state index is 0.116. The Balaban J connectivity index is 1.37. The highest BCUT2D eigenvalue weighted by molar-refractivity contribution is 6.08. The molecule has 2 heterocycles. The summed E-state index contributed by atoms with van der Waals surface area (Å²) in [4.78, 5) is 44.2. The van der Waals surface area contributed by atoms with Gasteiger partial charge in [0.1, 0.15) is 0 Å². The third-order valence-corrected chi connectivity index (χ3v) is 8.45. The van der Waals surface area contributed by atoms with Crippen molar-refractivity contribution in [3.8, 4) is 0 Å². The topological polar surface area (TPSA) is 76.0 Å². The van der Waals surface area contributed by atoms with E-state index >= 15 is 0 Å². The summed E-state index contributed by atoms with van der Waals surface area (Å²) < 4.78 is 5.68. The first-order chi connectivity index (χ1) is 13.0. The minimum atomic E-state index is -0.408. The van der Waals surface area contributed by atoms with Gasteiger partial charge in [0.25, 0.3) is 0 Å². The monoisotopic (exact) mass is 368 g/mol. The van der Waals surface area contributed by atoms with Crippen LogP contribution in [0.4, 0.5) is 0 Å². The second kappa shape index (κ2) is 5.09. The van der Waals surface area contributed by atoms with Gasteiger partial charge in [0, 0.05) is 18.9 Å². The second-order valence-electron chi connectivity index (χ2n) is 9.54. The summed E-state index contributed by atoms with van der Waals surface area (Å²) in [6.45, 7) is 2.32. The summed E-state index contributed by atoms with van der Waals surface area (Å²) in [5.41, 5.74) is 0. The molecule has 6 nitrogen and oxygen atoms in total. The Hall–Kier alpha value is -1.98. The number of imide groups is 1. The molecule has 0 radical (unpaired) electrons. The number of esters is 1. The second-order valence-corrected chi connectivity index (χ2v) is 9.54. The first-order valence-corrected chi connectivity index (χ1v) is 10.2. The third kappa shape index (κ3) is 1.87. The van der Waals surface area contributed by atoms with Crippen LogP contribution >= 0.6 is 0 Å². The fourth-order valence-electron chi connectivity index (χ4n) is 7.16. The van der Waals surface area contributed by atoms with Gasteiger partial charge in [0.15, 0.2) is 5.90 Å². The Morgan fingerprint density at radius 2 is 1.59 bits per heavy atom. The number of carbonyl (C=O) groups is 3. The van der Waals surface area contributed by atoms with Gasteiger partial charge in [-0.25, -0.2) is 0 Å². The third-order valence-electron chi connectivity index (χ3n) is 8.45. The minimum Gasteiger partial charge on any atom is -0.411 e. The molecule has 7 aliphatic rings. The van der Waals surface area contributed by atoms with E-state index in [1.807, 2.05) is 12.2 Å². The molecule has 2 amide bonds. The van der Waals surface area contributed by atoms with Crippen LogP contribution in [0.3, 0.4) is 0 Å². The summed E-state index contributed by atoms with van der Waals surface area (Å²) in [7, 11) is 1.56. The molecule has 142 valence electrons. The molecule has 0 aromatic heterocycles. The highest BCUT2D eigenvalue weighted by Crippen LogP contribution is 2.58. The molecule has 2 saturated heterocycles. The fraction of sp³-hybridized carbons (Fsp3) is 0.714. The van der Waals surface area contributed by atoms with E-state index < -0.39 is 5.92 Å². The molecule has 2 aliphatic heterocycles. The molecule has 0 spiro atoms. The summed E-state index contributed by atoms with van der Waals surface area (Å²) in [5, 5.41) is 0. The van der Waals surface area contributed by atoms with Crippen LogP contribution in [0.2, 0.25) is 0 Å². The number of fused-ring (bicyclic) bond motifs is 2. The predicted molar refractivity (Wildman–Crippen MR) is 95.2 cm³/mol. The normalized spacial score (nSPS) is 53.5. The highest BCUT2D eigenvalue weighted by Gasteiger charge is 2.67. The van der Waals surface area contributed by atoms with Crippen molar-refractivity contribution in [1.82, 2.24) is 4.90 Å². The van der Waals surface area contributed by atoms with Crippen molar-refractivity contribution in [2.75, 3.05) is 7.05 Å². The van der Waals surface area contributed by atoms with E-state index in [0.29, 0.717) is 11.8 Å². The van der Waals surface area contributed by atoms with Crippen molar-refractivity contribution in [3.63, 3.8) is 0 Å². The fourth-order valence-corrected chi connectivity index (χ4v) is 7.16. The number of allylic oxidation sites excluding steroid dienone is 2. The van der Waals surface area contributed by atoms with Crippen LogP contribution in [-0.4, -0.2) is 41.7 Å². The molecule has 0 aromatic rings. The lowest BCUT2D eigenvalue weighted by molar-refractivity contribution is -0.143. The first-order valence-electron chi connectivity index (χ1n) is 10.2. The zero-order chi connectivity index (χ0) is 18.6. The Kier molecular flexibility index (Phi) is 3.02. The molecule has 4 bridgehead atoms. The van der Waals surface area contributed by atoms with Crippen molar-refractivity contribution in [2.24, 2.45) is 58.3 Å². The first kappa shape index (κ1) is 16.0. The van der Waals surface area contributed by atoms with Crippen LogP contribution in [0.5, 0.6) is 0 Å². The van der Waals surface area contributed by atoms with Gasteiger partial charge in [0.05, 0.1) is 29.7 Å². The lowest BCUT2D eigenvalue weighted by Gasteiger charge is -2.44. The number of rotatable bonds is 1. The predicted octanol–water partition coefficient (Wildman–Crippen LogP) is 1.66. The molecule has 6 heteroatoms. The number of amides is 2. The Labute approximate surface area is 158 Å². The quantitative estimate of drug-likeness (QED) is 0.401. The summed E-state index contributed by atoms with van der Waals surface area (Å²) >= 11 is 0. The van der Waals surface area contributed by atoms with Gasteiger partial charge in [-0.1, -0.05) is 19.1 Å². The summed E-state index contributed by atoms with van der Waals surface area (Å²) in [6.07, 6.45) is 7.54. The van der Waals surface area contributed by atoms with Crippen LogP contribution in [0.1, 0.15) is 26.2 Å². The van der Waals surface area contributed by atoms with Crippen LogP contribution < -0.4 is 0 Å². The van der Waals surface area contributed by atoms with Crippen LogP contribution in [0, 0.1) is 53.3 Å². The number of cyclic esters (lactones) is 1. The van der Waals surface area contributed by atoms with Crippen LogP contribution in [-0.2, 0) is 19.1 Å². The number of hydrogen-bond acceptors (Lipinski definition) is 5. The Morgan fingerprint density at radius 3 is 2.19 bits per heavy atom. The average Bonchev–Trinajstić information content (AvgIpc) is 3.37. The van der Waals surface area contributed by atoms with E-state index in [0.717, 1.165) is 18.3 Å². The lowest BCUT2D eigenvalue weighted by atomic mass is 9.54. The van der Waals surface area contributed by atoms with Gasteiger partial charge in [-0.3, -0.25) is 24.3 Å². The van der Waals surface area contributed by atoms with E-state index in [4.69, 9.17) is 9.73 Å². The molecule has 5 aliphatic carbocycles. The SMILES string of the molecule is CC1CC2CC1CC2N=C1OC(=O)C2C3C=CC(C4C(=O)N(C)C(=O)C34)C12. The van der Waals surface area contributed by atoms with E-state index in [1.54, 1.807) is 7.05 Å². The van der Waals surface area contributed by atoms with Gasteiger partial charge in [-0.05, 0) is 37.0 Å². The zero-order valence-electron chi connectivity index (χ0n) is 15.6. The average molecular weight is 368 g/mol. The number of nitrogens with zero attached hydrogens (tertiary/aromatic N) is 2. The maximum atomic E-state index is 12.7. The Morgan fingerprint density at radius 1 is 0.926 bits per heavy atom. The van der Waals surface area contributed by atoms with Gasteiger partial charge in [-0.15, -0.1) is 0 Å². The number of likely N-dealkylation sites (tertiary alicyclic amines) is 1.